The summed E-state index contributed by atoms with van der Waals surface area (Å²) in [6.07, 6.45) is 0. The van der Waals surface area contributed by atoms with Gasteiger partial charge in [-0.1, -0.05) is 173 Å². The van der Waals surface area contributed by atoms with E-state index in [0.717, 1.165) is 9.81 Å². The average Bonchev–Trinajstić information content (AvgIpc) is 3.75. The Bertz CT molecular complexity index is 1700. The minimum Gasteiger partial charge on any atom is -0.101 e. The van der Waals surface area contributed by atoms with E-state index in [1.54, 1.807) is 23.5 Å². The third-order valence-corrected chi connectivity index (χ3v) is 17.2. The van der Waals surface area contributed by atoms with Gasteiger partial charge in [0.2, 0.25) is 0 Å². The normalized spacial score (nSPS) is 21.0. The van der Waals surface area contributed by atoms with Gasteiger partial charge in [0.05, 0.1) is 31.7 Å². The molecule has 4 heterocycles. The highest BCUT2D eigenvalue weighted by atomic mass is 32.2. The Kier molecular flexibility index (Phi) is 9.38. The van der Waals surface area contributed by atoms with Gasteiger partial charge in [0.1, 0.15) is 0 Å². The fraction of sp³-hybridized carbons (Fsp3) is 0.125. The zero-order valence-corrected chi connectivity index (χ0v) is 28.6. The topological polar surface area (TPSA) is 0 Å². The lowest BCUT2D eigenvalue weighted by atomic mass is 10.2. The van der Waals surface area contributed by atoms with E-state index in [-0.39, 0.29) is 0 Å². The predicted octanol–water partition coefficient (Wildman–Crippen LogP) is 12.4. The number of hydrogen-bond donors (Lipinski definition) is 0. The zero-order chi connectivity index (χ0) is 27.6. The molecule has 0 saturated carbocycles. The second kappa shape index (κ2) is 13.0. The van der Waals surface area contributed by atoms with Crippen LogP contribution in [0.5, 0.6) is 0 Å². The molecule has 0 fully saturated rings. The van der Waals surface area contributed by atoms with Crippen molar-refractivity contribution in [1.82, 2.24) is 0 Å². The maximum absolute atomic E-state index is 3.60. The van der Waals surface area contributed by atoms with Gasteiger partial charge in [-0.3, -0.25) is 0 Å². The molecule has 0 unspecified atom stereocenters. The number of allylic oxidation sites excluding steroid dienone is 6. The lowest BCUT2D eigenvalue weighted by Crippen LogP contribution is -1.79. The highest BCUT2D eigenvalue weighted by Gasteiger charge is 2.31. The van der Waals surface area contributed by atoms with Crippen molar-refractivity contribution >= 4 is 104 Å². The van der Waals surface area contributed by atoms with Crippen LogP contribution in [0.3, 0.4) is 0 Å². The average molecular weight is 663 g/mol. The standard InChI is InChI=1S/C32H22S8/c1-5-12-25-27(22-13-8-6-9-14-22)39-31(37-25)32-38-26(28(40-32)23-15-10-7-11-16-23)18-17-24-21(4)35-30(36-24)29-33-19(2)20(3)34-29/h6-11,13-16H,1-4H3/b32-31+. The van der Waals surface area contributed by atoms with Crippen LogP contribution in [-0.2, 0) is 0 Å². The van der Waals surface area contributed by atoms with Crippen molar-refractivity contribution in [2.24, 2.45) is 0 Å². The van der Waals surface area contributed by atoms with Crippen molar-refractivity contribution in [3.8, 4) is 23.7 Å². The molecule has 198 valence electrons. The number of thioether (sulfide) groups is 8. The van der Waals surface area contributed by atoms with Gasteiger partial charge in [-0.2, -0.15) is 0 Å². The summed E-state index contributed by atoms with van der Waals surface area (Å²) in [5.41, 5.74) is 2.44. The number of hydrogen-bond acceptors (Lipinski definition) is 8. The van der Waals surface area contributed by atoms with E-state index in [0.29, 0.717) is 0 Å². The Morgan fingerprint density at radius 2 is 0.825 bits per heavy atom. The van der Waals surface area contributed by atoms with Gasteiger partial charge in [0.15, 0.2) is 0 Å². The van der Waals surface area contributed by atoms with E-state index >= 15 is 0 Å². The lowest BCUT2D eigenvalue weighted by molar-refractivity contribution is 1.57. The van der Waals surface area contributed by atoms with Crippen molar-refractivity contribution in [3.63, 3.8) is 0 Å². The number of rotatable bonds is 2. The molecule has 0 atom stereocenters. The first-order valence-electron chi connectivity index (χ1n) is 12.3. The Balaban J connectivity index is 1.29. The minimum atomic E-state index is 1.13. The molecule has 0 aromatic heterocycles. The van der Waals surface area contributed by atoms with E-state index < -0.39 is 0 Å². The van der Waals surface area contributed by atoms with Crippen molar-refractivity contribution in [2.75, 3.05) is 0 Å². The Hall–Kier alpha value is -1.20. The molecule has 0 bridgehead atoms. The monoisotopic (exact) mass is 662 g/mol. The van der Waals surface area contributed by atoms with Crippen LogP contribution in [0.2, 0.25) is 0 Å². The van der Waals surface area contributed by atoms with E-state index in [9.17, 15) is 0 Å². The van der Waals surface area contributed by atoms with Gasteiger partial charge >= 0.3 is 0 Å². The van der Waals surface area contributed by atoms with Crippen LogP contribution in [0, 0.1) is 23.7 Å². The first-order valence-corrected chi connectivity index (χ1v) is 18.9. The molecule has 2 aromatic carbocycles. The van der Waals surface area contributed by atoms with Gasteiger partial charge in [-0.15, -0.1) is 5.92 Å². The van der Waals surface area contributed by atoms with Gasteiger partial charge in [0, 0.05) is 14.7 Å². The Morgan fingerprint density at radius 1 is 0.425 bits per heavy atom. The van der Waals surface area contributed by atoms with E-state index in [4.69, 9.17) is 0 Å². The Labute approximate surface area is 271 Å². The summed E-state index contributed by atoms with van der Waals surface area (Å²) < 4.78 is 5.34. The molecule has 6 rings (SSSR count). The molecule has 0 saturated heterocycles. The third-order valence-electron chi connectivity index (χ3n) is 5.87. The van der Waals surface area contributed by atoms with Crippen LogP contribution in [0.1, 0.15) is 38.8 Å². The van der Waals surface area contributed by atoms with Crippen LogP contribution in [0.15, 0.2) is 107 Å². The molecule has 8 heteroatoms. The quantitative estimate of drug-likeness (QED) is 0.288. The summed E-state index contributed by atoms with van der Waals surface area (Å²) in [5.74, 6) is 13.6. The van der Waals surface area contributed by atoms with Crippen LogP contribution < -0.4 is 0 Å². The van der Waals surface area contributed by atoms with E-state index in [1.165, 1.54) is 57.5 Å². The first-order chi connectivity index (χ1) is 19.5. The molecular formula is C32H22S8. The fourth-order valence-corrected chi connectivity index (χ4v) is 14.4. The molecule has 0 nitrogen and oxygen atoms in total. The van der Waals surface area contributed by atoms with Crippen LogP contribution in [-0.4, -0.2) is 0 Å². The second-order valence-electron chi connectivity index (χ2n) is 8.64. The van der Waals surface area contributed by atoms with E-state index in [1.807, 2.05) is 77.5 Å². The second-order valence-corrected chi connectivity index (χ2v) is 18.4. The van der Waals surface area contributed by atoms with Gasteiger partial charge in [-0.25, -0.2) is 0 Å². The SMILES string of the molecule is CC#CC1=C(c2ccccc2)S/C(=C2\SC(C#CC3=C(C)SC(=C4SC(C)=C(C)S4)S3)=C(c3ccccc3)S2)S1. The summed E-state index contributed by atoms with van der Waals surface area (Å²) in [5, 5.41) is 0. The molecule has 0 N–H and O–H groups in total. The molecule has 0 aliphatic carbocycles. The van der Waals surface area contributed by atoms with Gasteiger partial charge < -0.3 is 0 Å². The molecule has 0 radical (unpaired) electrons. The lowest BCUT2D eigenvalue weighted by Gasteiger charge is -2.04. The van der Waals surface area contributed by atoms with Crippen molar-refractivity contribution in [2.45, 2.75) is 27.7 Å². The fourth-order valence-electron chi connectivity index (χ4n) is 3.81. The Morgan fingerprint density at radius 3 is 1.35 bits per heavy atom. The summed E-state index contributed by atoms with van der Waals surface area (Å²) in [7, 11) is 0. The highest BCUT2D eigenvalue weighted by Crippen LogP contribution is 2.63. The highest BCUT2D eigenvalue weighted by molar-refractivity contribution is 8.37. The molecule has 0 amide bonds. The summed E-state index contributed by atoms with van der Waals surface area (Å²) in [6.45, 7) is 8.53. The summed E-state index contributed by atoms with van der Waals surface area (Å²) in [4.78, 5) is 10.0. The van der Waals surface area contributed by atoms with Crippen LogP contribution >= 0.6 is 94.1 Å². The van der Waals surface area contributed by atoms with Crippen molar-refractivity contribution in [3.05, 3.63) is 118 Å². The summed E-state index contributed by atoms with van der Waals surface area (Å²) >= 11 is 14.8. The molecule has 40 heavy (non-hydrogen) atoms. The zero-order valence-electron chi connectivity index (χ0n) is 22.0. The van der Waals surface area contributed by atoms with E-state index in [2.05, 4.69) is 105 Å². The summed E-state index contributed by atoms with van der Waals surface area (Å²) in [6, 6.07) is 21.3. The molecule has 0 spiro atoms. The van der Waals surface area contributed by atoms with Gasteiger partial charge in [0.25, 0.3) is 0 Å². The maximum atomic E-state index is 3.60. The first kappa shape index (κ1) is 28.9. The van der Waals surface area contributed by atoms with Crippen molar-refractivity contribution in [1.29, 1.82) is 0 Å². The van der Waals surface area contributed by atoms with Crippen LogP contribution in [0.4, 0.5) is 0 Å². The molecule has 2 aromatic rings. The van der Waals surface area contributed by atoms with Crippen LogP contribution in [0.25, 0.3) is 9.81 Å². The molecule has 4 aliphatic heterocycles. The third kappa shape index (κ3) is 6.26. The number of benzene rings is 2. The molecular weight excluding hydrogens is 641 g/mol. The largest absolute Gasteiger partial charge is 0.101 e. The predicted molar refractivity (Wildman–Crippen MR) is 194 cm³/mol. The minimum absolute atomic E-state index is 1.13. The molecule has 4 aliphatic rings. The van der Waals surface area contributed by atoms with Gasteiger partial charge in [-0.05, 0) is 48.6 Å². The maximum Gasteiger partial charge on any atom is 0.0777 e. The smallest absolute Gasteiger partial charge is 0.0777 e. The van der Waals surface area contributed by atoms with Crippen molar-refractivity contribution < 1.29 is 0 Å².